The molecule has 1 N–H and O–H groups in total. The summed E-state index contributed by atoms with van der Waals surface area (Å²) in [5.41, 5.74) is 7.49. The van der Waals surface area contributed by atoms with Gasteiger partial charge >= 0.3 is 6.15 Å². The molecule has 0 aliphatic carbocycles. The van der Waals surface area contributed by atoms with E-state index in [-0.39, 0.29) is 18.1 Å². The monoisotopic (exact) mass is 426 g/mol. The van der Waals surface area contributed by atoms with E-state index >= 15 is 0 Å². The van der Waals surface area contributed by atoms with Gasteiger partial charge in [0.05, 0.1) is 6.04 Å². The fourth-order valence-electron chi connectivity index (χ4n) is 3.77. The van der Waals surface area contributed by atoms with Gasteiger partial charge in [0.1, 0.15) is 5.69 Å². The summed E-state index contributed by atoms with van der Waals surface area (Å²) in [7, 11) is 0. The van der Waals surface area contributed by atoms with Gasteiger partial charge in [-0.25, -0.2) is 0 Å². The maximum absolute atomic E-state index is 13.2. The van der Waals surface area contributed by atoms with Crippen LogP contribution in [0.2, 0.25) is 0 Å². The Morgan fingerprint density at radius 2 is 1.56 bits per heavy atom. The van der Waals surface area contributed by atoms with E-state index in [2.05, 4.69) is 59.1 Å². The van der Waals surface area contributed by atoms with Gasteiger partial charge in [0.15, 0.2) is 0 Å². The van der Waals surface area contributed by atoms with Crippen molar-refractivity contribution in [1.29, 1.82) is 0 Å². The highest BCUT2D eigenvalue weighted by atomic mass is 16.2. The predicted octanol–water partition coefficient (Wildman–Crippen LogP) is 5.05. The number of carbonyl (C=O) groups is 1. The van der Waals surface area contributed by atoms with Crippen LogP contribution in [0.1, 0.15) is 51.4 Å². The molecule has 2 aromatic carbocycles. The molecule has 0 bridgehead atoms. The van der Waals surface area contributed by atoms with E-state index in [0.29, 0.717) is 5.69 Å². The van der Waals surface area contributed by atoms with Gasteiger partial charge in [-0.2, -0.15) is 9.59 Å². The van der Waals surface area contributed by atoms with Gasteiger partial charge in [-0.1, -0.05) is 60.2 Å². The van der Waals surface area contributed by atoms with Crippen molar-refractivity contribution in [2.45, 2.75) is 33.2 Å². The highest BCUT2D eigenvalue weighted by Gasteiger charge is 2.17. The molecule has 0 unspecified atom stereocenters. The van der Waals surface area contributed by atoms with Gasteiger partial charge in [-0.05, 0) is 61.7 Å². The Kier molecular flexibility index (Phi) is 7.37. The molecule has 2 heterocycles. The quantitative estimate of drug-likeness (QED) is 0.485. The van der Waals surface area contributed by atoms with E-state index < -0.39 is 0 Å². The van der Waals surface area contributed by atoms with Crippen molar-refractivity contribution in [3.63, 3.8) is 0 Å². The number of aryl methyl sites for hydroxylation is 2. The zero-order valence-corrected chi connectivity index (χ0v) is 18.5. The maximum Gasteiger partial charge on any atom is 0.373 e. The third-order valence-electron chi connectivity index (χ3n) is 5.36. The minimum atomic E-state index is -0.0598. The number of fused-ring (bicyclic) bond motifs is 1. The Hall–Kier alpha value is -3.95. The minimum absolute atomic E-state index is 0.0589. The molecule has 162 valence electrons. The molecule has 4 rings (SSSR count). The number of nitrogens with one attached hydrogen (secondary N) is 1. The second-order valence-electron chi connectivity index (χ2n) is 7.85. The summed E-state index contributed by atoms with van der Waals surface area (Å²) in [6.45, 7) is 6.14. The molecule has 0 saturated carbocycles. The molecule has 0 aliphatic rings. The second-order valence-corrected chi connectivity index (χ2v) is 7.85. The van der Waals surface area contributed by atoms with Gasteiger partial charge in [-0.15, -0.1) is 0 Å². The number of hydrogen-bond donors (Lipinski definition) is 1. The number of rotatable bonds is 5. The smallest absolute Gasteiger partial charge is 0.344 e. The van der Waals surface area contributed by atoms with Crippen LogP contribution >= 0.6 is 0 Å². The fraction of sp³-hybridized carbons (Fsp3) is 0.185. The van der Waals surface area contributed by atoms with Crippen molar-refractivity contribution >= 4 is 17.6 Å². The van der Waals surface area contributed by atoms with Crippen molar-refractivity contribution < 1.29 is 14.4 Å². The topological polar surface area (TPSA) is 67.7 Å². The van der Waals surface area contributed by atoms with Crippen LogP contribution in [0, 0.1) is 13.8 Å². The normalized spacial score (nSPS) is 11.2. The molecule has 32 heavy (non-hydrogen) atoms. The third kappa shape index (κ3) is 5.39. The third-order valence-corrected chi connectivity index (χ3v) is 5.36. The van der Waals surface area contributed by atoms with Crippen LogP contribution < -0.4 is 5.32 Å². The largest absolute Gasteiger partial charge is 0.373 e. The van der Waals surface area contributed by atoms with Gasteiger partial charge < -0.3 is 9.72 Å². The molecule has 4 aromatic rings. The lowest BCUT2D eigenvalue weighted by Crippen LogP contribution is -2.28. The van der Waals surface area contributed by atoms with Crippen LogP contribution in [0.15, 0.2) is 78.9 Å². The van der Waals surface area contributed by atoms with Gasteiger partial charge in [-0.3, -0.25) is 4.79 Å². The minimum Gasteiger partial charge on any atom is -0.344 e. The zero-order valence-electron chi connectivity index (χ0n) is 18.5. The molecule has 0 saturated heterocycles. The van der Waals surface area contributed by atoms with Gasteiger partial charge in [0.25, 0.3) is 5.91 Å². The predicted molar refractivity (Wildman–Crippen MR) is 123 cm³/mol. The summed E-state index contributed by atoms with van der Waals surface area (Å²) < 4.78 is 2.08. The number of amides is 1. The Labute approximate surface area is 187 Å². The first-order chi connectivity index (χ1) is 15.4. The highest BCUT2D eigenvalue weighted by Crippen LogP contribution is 2.21. The fourth-order valence-corrected chi connectivity index (χ4v) is 3.77. The molecular formula is C27H26N2O3. The summed E-state index contributed by atoms with van der Waals surface area (Å²) in [5.74, 6) is -0.0589. The van der Waals surface area contributed by atoms with E-state index in [4.69, 9.17) is 9.59 Å². The molecule has 5 nitrogen and oxygen atoms in total. The standard InChI is InChI=1S/C26H26N2O.CO2/c1-18-9-11-21(12-10-18)17-24-14-13-23-15-19(2)16-25(28(23)24)26(29)27-20(3)22-7-5-4-6-8-22;2-1-3/h4-16,20H,17H2,1-3H3,(H,27,29);/t20-;/m0./s1. The molecule has 0 radical (unpaired) electrons. The Balaban J connectivity index is 0.000000913. The van der Waals surface area contributed by atoms with E-state index in [0.717, 1.165) is 28.8 Å². The van der Waals surface area contributed by atoms with Crippen molar-refractivity contribution in [2.75, 3.05) is 0 Å². The maximum atomic E-state index is 13.2. The van der Waals surface area contributed by atoms with Crippen LogP contribution in [0.5, 0.6) is 0 Å². The molecular weight excluding hydrogens is 400 g/mol. The van der Waals surface area contributed by atoms with Gasteiger partial charge in [0, 0.05) is 17.6 Å². The van der Waals surface area contributed by atoms with E-state index in [1.165, 1.54) is 11.1 Å². The van der Waals surface area contributed by atoms with Crippen LogP contribution in [0.3, 0.4) is 0 Å². The van der Waals surface area contributed by atoms with Gasteiger partial charge in [0.2, 0.25) is 0 Å². The van der Waals surface area contributed by atoms with E-state index in [9.17, 15) is 4.79 Å². The summed E-state index contributed by atoms with van der Waals surface area (Å²) in [5, 5.41) is 3.16. The zero-order chi connectivity index (χ0) is 23.1. The number of nitrogens with zero attached hydrogens (tertiary/aromatic N) is 1. The molecule has 2 aromatic heterocycles. The van der Waals surface area contributed by atoms with Crippen LogP contribution in [-0.4, -0.2) is 16.5 Å². The van der Waals surface area contributed by atoms with Crippen LogP contribution in [-0.2, 0) is 16.0 Å². The molecule has 1 amide bonds. The lowest BCUT2D eigenvalue weighted by molar-refractivity contribution is -0.191. The summed E-state index contributed by atoms with van der Waals surface area (Å²) >= 11 is 0. The Morgan fingerprint density at radius 1 is 0.906 bits per heavy atom. The molecule has 0 aliphatic heterocycles. The van der Waals surface area contributed by atoms with E-state index in [1.54, 1.807) is 0 Å². The number of aromatic nitrogens is 1. The van der Waals surface area contributed by atoms with E-state index in [1.807, 2.05) is 50.2 Å². The first-order valence-electron chi connectivity index (χ1n) is 10.4. The first-order valence-corrected chi connectivity index (χ1v) is 10.4. The number of hydrogen-bond acceptors (Lipinski definition) is 3. The molecule has 0 fully saturated rings. The number of benzene rings is 2. The second kappa shape index (κ2) is 10.4. The van der Waals surface area contributed by atoms with Crippen LogP contribution in [0.4, 0.5) is 0 Å². The molecule has 5 heteroatoms. The average molecular weight is 427 g/mol. The Morgan fingerprint density at radius 3 is 2.22 bits per heavy atom. The molecule has 0 spiro atoms. The summed E-state index contributed by atoms with van der Waals surface area (Å²) in [6.07, 6.45) is 1.03. The summed E-state index contributed by atoms with van der Waals surface area (Å²) in [4.78, 5) is 29.5. The highest BCUT2D eigenvalue weighted by molar-refractivity contribution is 5.94. The SMILES string of the molecule is Cc1ccc(Cc2ccc3cc(C)cc(C(=O)N[C@@H](C)c4ccccc4)n23)cc1.O=C=O. The van der Waals surface area contributed by atoms with Crippen molar-refractivity contribution in [3.8, 4) is 0 Å². The van der Waals surface area contributed by atoms with Crippen molar-refractivity contribution in [1.82, 2.24) is 9.72 Å². The van der Waals surface area contributed by atoms with Crippen LogP contribution in [0.25, 0.3) is 5.52 Å². The number of carbonyl (C=O) groups excluding carboxylic acids is 3. The lowest BCUT2D eigenvalue weighted by Gasteiger charge is -2.17. The lowest BCUT2D eigenvalue weighted by atomic mass is 10.1. The number of pyridine rings is 1. The molecule has 1 atom stereocenters. The Bertz CT molecular complexity index is 1240. The average Bonchev–Trinajstić information content (AvgIpc) is 3.18. The first kappa shape index (κ1) is 22.7. The van der Waals surface area contributed by atoms with Crippen molar-refractivity contribution in [3.05, 3.63) is 113 Å². The van der Waals surface area contributed by atoms with Crippen molar-refractivity contribution in [2.24, 2.45) is 0 Å². The summed E-state index contributed by atoms with van der Waals surface area (Å²) in [6, 6.07) is 26.9.